The van der Waals surface area contributed by atoms with Crippen LogP contribution in [0.5, 0.6) is 5.88 Å². The SMILES string of the molecule is CCCC(C=O)OCCOc1ccc(Br)cn1. The van der Waals surface area contributed by atoms with Crippen LogP contribution < -0.4 is 4.74 Å². The fourth-order valence-electron chi connectivity index (χ4n) is 1.27. The van der Waals surface area contributed by atoms with Crippen LogP contribution in [0.1, 0.15) is 19.8 Å². The van der Waals surface area contributed by atoms with E-state index in [2.05, 4.69) is 20.9 Å². The van der Waals surface area contributed by atoms with E-state index in [-0.39, 0.29) is 6.10 Å². The first-order valence-electron chi connectivity index (χ1n) is 5.57. The molecule has 0 N–H and O–H groups in total. The molecule has 0 spiro atoms. The molecule has 0 radical (unpaired) electrons. The number of pyridine rings is 1. The Hall–Kier alpha value is -0.940. The molecule has 1 heterocycles. The molecular weight excluding hydrogens is 286 g/mol. The van der Waals surface area contributed by atoms with Crippen LogP contribution in [0.15, 0.2) is 22.8 Å². The average Bonchev–Trinajstić information content (AvgIpc) is 2.35. The number of hydrogen-bond acceptors (Lipinski definition) is 4. The summed E-state index contributed by atoms with van der Waals surface area (Å²) in [6, 6.07) is 3.63. The minimum atomic E-state index is -0.318. The lowest BCUT2D eigenvalue weighted by Crippen LogP contribution is -2.18. The van der Waals surface area contributed by atoms with Crippen molar-refractivity contribution in [2.24, 2.45) is 0 Å². The van der Waals surface area contributed by atoms with E-state index < -0.39 is 0 Å². The first-order chi connectivity index (χ1) is 8.26. The normalized spacial score (nSPS) is 12.1. The van der Waals surface area contributed by atoms with Crippen LogP contribution in [-0.2, 0) is 9.53 Å². The molecule has 94 valence electrons. The summed E-state index contributed by atoms with van der Waals surface area (Å²) in [4.78, 5) is 14.7. The summed E-state index contributed by atoms with van der Waals surface area (Å²) >= 11 is 3.29. The molecule has 0 saturated heterocycles. The van der Waals surface area contributed by atoms with E-state index in [1.54, 1.807) is 12.3 Å². The van der Waals surface area contributed by atoms with E-state index in [4.69, 9.17) is 9.47 Å². The number of ether oxygens (including phenoxy) is 2. The number of nitrogens with zero attached hydrogens (tertiary/aromatic N) is 1. The minimum Gasteiger partial charge on any atom is -0.475 e. The zero-order valence-electron chi connectivity index (χ0n) is 9.77. The van der Waals surface area contributed by atoms with Crippen molar-refractivity contribution in [1.29, 1.82) is 0 Å². The lowest BCUT2D eigenvalue weighted by Gasteiger charge is -2.11. The van der Waals surface area contributed by atoms with Crippen molar-refractivity contribution >= 4 is 22.2 Å². The number of aromatic nitrogens is 1. The lowest BCUT2D eigenvalue weighted by atomic mass is 10.2. The third kappa shape index (κ3) is 5.79. The number of halogens is 1. The van der Waals surface area contributed by atoms with Crippen molar-refractivity contribution < 1.29 is 14.3 Å². The average molecular weight is 302 g/mol. The predicted molar refractivity (Wildman–Crippen MR) is 68.1 cm³/mol. The molecule has 1 aromatic rings. The van der Waals surface area contributed by atoms with E-state index in [1.165, 1.54) is 0 Å². The van der Waals surface area contributed by atoms with Crippen molar-refractivity contribution in [1.82, 2.24) is 4.98 Å². The van der Waals surface area contributed by atoms with Gasteiger partial charge in [0.05, 0.1) is 6.61 Å². The maximum Gasteiger partial charge on any atom is 0.213 e. The Morgan fingerprint density at radius 2 is 2.29 bits per heavy atom. The monoisotopic (exact) mass is 301 g/mol. The van der Waals surface area contributed by atoms with Gasteiger partial charge in [0.15, 0.2) is 0 Å². The molecule has 4 nitrogen and oxygen atoms in total. The molecule has 0 bridgehead atoms. The summed E-state index contributed by atoms with van der Waals surface area (Å²) in [5, 5.41) is 0. The highest BCUT2D eigenvalue weighted by atomic mass is 79.9. The van der Waals surface area contributed by atoms with Crippen LogP contribution >= 0.6 is 15.9 Å². The fraction of sp³-hybridized carbons (Fsp3) is 0.500. The third-order valence-electron chi connectivity index (χ3n) is 2.09. The number of aldehydes is 1. The van der Waals surface area contributed by atoms with Gasteiger partial charge in [-0.25, -0.2) is 4.98 Å². The van der Waals surface area contributed by atoms with Crippen LogP contribution in [0, 0.1) is 0 Å². The summed E-state index contributed by atoms with van der Waals surface area (Å²) in [5.74, 6) is 0.551. The first-order valence-corrected chi connectivity index (χ1v) is 6.36. The Kier molecular flexibility index (Phi) is 6.81. The molecule has 0 aliphatic carbocycles. The van der Waals surface area contributed by atoms with E-state index in [9.17, 15) is 4.79 Å². The standard InChI is InChI=1S/C12H16BrNO3/c1-2-3-11(9-15)16-6-7-17-12-5-4-10(13)8-14-12/h4-5,8-9,11H,2-3,6-7H2,1H3. The van der Waals surface area contributed by atoms with Crippen LogP contribution in [-0.4, -0.2) is 30.6 Å². The van der Waals surface area contributed by atoms with Gasteiger partial charge in [0, 0.05) is 16.7 Å². The Morgan fingerprint density at radius 3 is 2.88 bits per heavy atom. The summed E-state index contributed by atoms with van der Waals surface area (Å²) < 4.78 is 11.6. The molecule has 1 aromatic heterocycles. The van der Waals surface area contributed by atoms with Gasteiger partial charge in [-0.2, -0.15) is 0 Å². The van der Waals surface area contributed by atoms with Gasteiger partial charge in [-0.05, 0) is 28.4 Å². The lowest BCUT2D eigenvalue weighted by molar-refractivity contribution is -0.118. The molecular formula is C12H16BrNO3. The summed E-state index contributed by atoms with van der Waals surface area (Å²) in [7, 11) is 0. The Bertz CT molecular complexity index is 329. The highest BCUT2D eigenvalue weighted by Crippen LogP contribution is 2.12. The van der Waals surface area contributed by atoms with Gasteiger partial charge in [0.25, 0.3) is 0 Å². The van der Waals surface area contributed by atoms with E-state index >= 15 is 0 Å². The van der Waals surface area contributed by atoms with Gasteiger partial charge in [-0.3, -0.25) is 0 Å². The summed E-state index contributed by atoms with van der Waals surface area (Å²) in [6.45, 7) is 2.80. The van der Waals surface area contributed by atoms with Crippen molar-refractivity contribution in [2.75, 3.05) is 13.2 Å². The quantitative estimate of drug-likeness (QED) is 0.547. The van der Waals surface area contributed by atoms with Gasteiger partial charge in [0.2, 0.25) is 5.88 Å². The van der Waals surface area contributed by atoms with E-state index in [1.807, 2.05) is 13.0 Å². The zero-order chi connectivity index (χ0) is 12.5. The number of hydrogen-bond donors (Lipinski definition) is 0. The van der Waals surface area contributed by atoms with Crippen molar-refractivity contribution in [2.45, 2.75) is 25.9 Å². The Morgan fingerprint density at radius 1 is 1.47 bits per heavy atom. The molecule has 1 atom stereocenters. The van der Waals surface area contributed by atoms with E-state index in [0.717, 1.165) is 23.6 Å². The topological polar surface area (TPSA) is 48.4 Å². The fourth-order valence-corrected chi connectivity index (χ4v) is 1.50. The molecule has 1 rings (SSSR count). The zero-order valence-corrected chi connectivity index (χ0v) is 11.4. The second-order valence-electron chi connectivity index (χ2n) is 3.50. The van der Waals surface area contributed by atoms with Crippen molar-refractivity contribution in [3.63, 3.8) is 0 Å². The van der Waals surface area contributed by atoms with Crippen molar-refractivity contribution in [3.05, 3.63) is 22.8 Å². The van der Waals surface area contributed by atoms with Gasteiger partial charge in [-0.1, -0.05) is 13.3 Å². The smallest absolute Gasteiger partial charge is 0.213 e. The molecule has 0 aliphatic rings. The van der Waals surface area contributed by atoms with E-state index in [0.29, 0.717) is 19.1 Å². The predicted octanol–water partition coefficient (Wildman–Crippen LogP) is 2.61. The molecule has 0 saturated carbocycles. The van der Waals surface area contributed by atoms with Crippen molar-refractivity contribution in [3.8, 4) is 5.88 Å². The maximum absolute atomic E-state index is 10.6. The highest BCUT2D eigenvalue weighted by molar-refractivity contribution is 9.10. The number of rotatable bonds is 8. The van der Waals surface area contributed by atoms with Crippen LogP contribution in [0.2, 0.25) is 0 Å². The third-order valence-corrected chi connectivity index (χ3v) is 2.56. The second-order valence-corrected chi connectivity index (χ2v) is 4.41. The number of carbonyl (C=O) groups is 1. The second kappa shape index (κ2) is 8.20. The van der Waals surface area contributed by atoms with Gasteiger partial charge >= 0.3 is 0 Å². The molecule has 0 aliphatic heterocycles. The summed E-state index contributed by atoms with van der Waals surface area (Å²) in [5.41, 5.74) is 0. The molecule has 1 unspecified atom stereocenters. The first kappa shape index (κ1) is 14.1. The van der Waals surface area contributed by atoms with Gasteiger partial charge in [0.1, 0.15) is 19.0 Å². The largest absolute Gasteiger partial charge is 0.475 e. The minimum absolute atomic E-state index is 0.318. The summed E-state index contributed by atoms with van der Waals surface area (Å²) in [6.07, 6.45) is 3.86. The Labute approximate surface area is 109 Å². The molecule has 5 heteroatoms. The Balaban J connectivity index is 2.19. The van der Waals surface area contributed by atoms with Crippen LogP contribution in [0.4, 0.5) is 0 Å². The van der Waals surface area contributed by atoms with Gasteiger partial charge < -0.3 is 14.3 Å². The molecule has 0 fully saturated rings. The molecule has 0 amide bonds. The molecule has 17 heavy (non-hydrogen) atoms. The maximum atomic E-state index is 10.6. The van der Waals surface area contributed by atoms with Crippen LogP contribution in [0.25, 0.3) is 0 Å². The van der Waals surface area contributed by atoms with Crippen LogP contribution in [0.3, 0.4) is 0 Å². The highest BCUT2D eigenvalue weighted by Gasteiger charge is 2.05. The van der Waals surface area contributed by atoms with Gasteiger partial charge in [-0.15, -0.1) is 0 Å². The number of carbonyl (C=O) groups excluding carboxylic acids is 1. The molecule has 0 aromatic carbocycles.